The molecule has 0 aliphatic carbocycles. The Kier molecular flexibility index (Phi) is 4.48. The fraction of sp³-hybridized carbons (Fsp3) is 0.227. The predicted octanol–water partition coefficient (Wildman–Crippen LogP) is 4.48. The Labute approximate surface area is 153 Å². The van der Waals surface area contributed by atoms with Gasteiger partial charge in [-0.05, 0) is 30.7 Å². The van der Waals surface area contributed by atoms with Crippen LogP contribution in [0.3, 0.4) is 0 Å². The van der Waals surface area contributed by atoms with Crippen molar-refractivity contribution in [3.05, 3.63) is 72.6 Å². The molecular weight excluding hydrogens is 322 g/mol. The lowest BCUT2D eigenvalue weighted by Gasteiger charge is -2.25. The Morgan fingerprint density at radius 2 is 2.00 bits per heavy atom. The van der Waals surface area contributed by atoms with Gasteiger partial charge in [0.25, 0.3) is 5.91 Å². The largest absolute Gasteiger partial charge is 0.328 e. The maximum absolute atomic E-state index is 13.4. The van der Waals surface area contributed by atoms with E-state index in [1.54, 1.807) is 12.4 Å². The second kappa shape index (κ2) is 7.08. The van der Waals surface area contributed by atoms with E-state index in [0.29, 0.717) is 12.1 Å². The van der Waals surface area contributed by atoms with E-state index in [-0.39, 0.29) is 11.9 Å². The zero-order valence-electron chi connectivity index (χ0n) is 14.8. The first-order chi connectivity index (χ1) is 12.8. The van der Waals surface area contributed by atoms with Crippen molar-refractivity contribution in [2.24, 2.45) is 0 Å². The molecule has 4 heteroatoms. The molecule has 1 aromatic carbocycles. The molecular formula is C22H21N3O. The summed E-state index contributed by atoms with van der Waals surface area (Å²) in [4.78, 5) is 24.2. The molecule has 1 amide bonds. The normalized spacial score (nSPS) is 16.3. The predicted molar refractivity (Wildman–Crippen MR) is 104 cm³/mol. The molecule has 0 bridgehead atoms. The Balaban J connectivity index is 1.82. The van der Waals surface area contributed by atoms with Gasteiger partial charge in [0.05, 0.1) is 22.8 Å². The van der Waals surface area contributed by atoms with Crippen molar-refractivity contribution in [2.75, 3.05) is 6.54 Å². The van der Waals surface area contributed by atoms with Crippen molar-refractivity contribution in [3.8, 4) is 11.3 Å². The molecule has 1 unspecified atom stereocenters. The summed E-state index contributed by atoms with van der Waals surface area (Å²) in [6.07, 6.45) is 9.77. The molecule has 0 fully saturated rings. The number of para-hydroxylation sites is 1. The highest BCUT2D eigenvalue weighted by molar-refractivity contribution is 6.07. The van der Waals surface area contributed by atoms with Crippen molar-refractivity contribution in [2.45, 2.75) is 25.8 Å². The molecule has 0 spiro atoms. The number of pyridine rings is 2. The lowest BCUT2D eigenvalue weighted by atomic mass is 10.0. The second-order valence-electron chi connectivity index (χ2n) is 6.55. The van der Waals surface area contributed by atoms with Gasteiger partial charge in [0.2, 0.25) is 0 Å². The third-order valence-electron chi connectivity index (χ3n) is 4.83. The van der Waals surface area contributed by atoms with Crippen LogP contribution in [-0.4, -0.2) is 33.4 Å². The van der Waals surface area contributed by atoms with Crippen LogP contribution in [0.1, 0.15) is 30.1 Å². The summed E-state index contributed by atoms with van der Waals surface area (Å²) in [5.74, 6) is 0.0716. The first-order valence-corrected chi connectivity index (χ1v) is 9.05. The zero-order valence-corrected chi connectivity index (χ0v) is 14.8. The van der Waals surface area contributed by atoms with Gasteiger partial charge in [-0.2, -0.15) is 0 Å². The van der Waals surface area contributed by atoms with Crippen LogP contribution in [0.2, 0.25) is 0 Å². The molecule has 0 saturated heterocycles. The fourth-order valence-electron chi connectivity index (χ4n) is 3.53. The Morgan fingerprint density at radius 1 is 1.19 bits per heavy atom. The molecule has 1 aliphatic heterocycles. The van der Waals surface area contributed by atoms with Crippen molar-refractivity contribution < 1.29 is 4.79 Å². The smallest absolute Gasteiger partial charge is 0.255 e. The van der Waals surface area contributed by atoms with Crippen LogP contribution in [-0.2, 0) is 0 Å². The van der Waals surface area contributed by atoms with E-state index in [4.69, 9.17) is 4.98 Å². The third-order valence-corrected chi connectivity index (χ3v) is 4.83. The van der Waals surface area contributed by atoms with Crippen LogP contribution in [0.15, 0.2) is 67.0 Å². The van der Waals surface area contributed by atoms with Crippen LogP contribution in [0.5, 0.6) is 0 Å². The molecule has 26 heavy (non-hydrogen) atoms. The van der Waals surface area contributed by atoms with E-state index < -0.39 is 0 Å². The maximum Gasteiger partial charge on any atom is 0.255 e. The summed E-state index contributed by atoms with van der Waals surface area (Å²) < 4.78 is 0. The summed E-state index contributed by atoms with van der Waals surface area (Å²) in [7, 11) is 0. The van der Waals surface area contributed by atoms with E-state index in [0.717, 1.165) is 35.0 Å². The van der Waals surface area contributed by atoms with Gasteiger partial charge in [-0.15, -0.1) is 0 Å². The van der Waals surface area contributed by atoms with E-state index in [2.05, 4.69) is 24.1 Å². The van der Waals surface area contributed by atoms with Crippen molar-refractivity contribution >= 4 is 16.8 Å². The molecule has 2 aromatic heterocycles. The van der Waals surface area contributed by atoms with E-state index in [1.807, 2.05) is 47.4 Å². The summed E-state index contributed by atoms with van der Waals surface area (Å²) in [6, 6.07) is 13.8. The topological polar surface area (TPSA) is 46.1 Å². The van der Waals surface area contributed by atoms with Gasteiger partial charge in [-0.1, -0.05) is 43.7 Å². The Morgan fingerprint density at radius 3 is 2.81 bits per heavy atom. The second-order valence-corrected chi connectivity index (χ2v) is 6.55. The van der Waals surface area contributed by atoms with Crippen molar-refractivity contribution in [1.29, 1.82) is 0 Å². The summed E-state index contributed by atoms with van der Waals surface area (Å²) >= 11 is 0. The summed E-state index contributed by atoms with van der Waals surface area (Å²) in [5.41, 5.74) is 3.31. The highest BCUT2D eigenvalue weighted by Crippen LogP contribution is 2.27. The number of aromatic nitrogens is 2. The highest BCUT2D eigenvalue weighted by atomic mass is 16.2. The maximum atomic E-state index is 13.4. The molecule has 3 heterocycles. The average molecular weight is 343 g/mol. The summed E-state index contributed by atoms with van der Waals surface area (Å²) in [5, 5.41) is 0.900. The molecule has 0 N–H and O–H groups in total. The van der Waals surface area contributed by atoms with Crippen molar-refractivity contribution in [3.63, 3.8) is 0 Å². The highest BCUT2D eigenvalue weighted by Gasteiger charge is 2.26. The van der Waals surface area contributed by atoms with Crippen LogP contribution in [0.4, 0.5) is 0 Å². The number of hydrogen-bond acceptors (Lipinski definition) is 3. The lowest BCUT2D eigenvalue weighted by molar-refractivity contribution is 0.0746. The first-order valence-electron chi connectivity index (χ1n) is 9.05. The van der Waals surface area contributed by atoms with E-state index in [9.17, 15) is 4.79 Å². The third kappa shape index (κ3) is 2.99. The van der Waals surface area contributed by atoms with Gasteiger partial charge in [0.15, 0.2) is 0 Å². The average Bonchev–Trinajstić information content (AvgIpc) is 3.16. The Bertz CT molecular complexity index is 966. The van der Waals surface area contributed by atoms with E-state index in [1.165, 1.54) is 0 Å². The van der Waals surface area contributed by atoms with E-state index >= 15 is 0 Å². The monoisotopic (exact) mass is 343 g/mol. The van der Waals surface area contributed by atoms with Crippen LogP contribution in [0.25, 0.3) is 22.2 Å². The molecule has 1 atom stereocenters. The number of rotatable bonds is 4. The number of benzene rings is 1. The molecule has 4 nitrogen and oxygen atoms in total. The quantitative estimate of drug-likeness (QED) is 0.656. The minimum absolute atomic E-state index is 0.0716. The number of nitrogens with zero attached hydrogens (tertiary/aromatic N) is 3. The number of fused-ring (bicyclic) bond motifs is 1. The van der Waals surface area contributed by atoms with Gasteiger partial charge in [0, 0.05) is 29.9 Å². The number of amides is 1. The van der Waals surface area contributed by atoms with Crippen LogP contribution in [0, 0.1) is 0 Å². The number of hydrogen-bond donors (Lipinski definition) is 0. The standard InChI is InChI=1S/C22H21N3O/c1-2-6-17-7-5-14-25(17)22(26)19-15-21(16-10-12-23-13-11-16)24-20-9-4-3-8-18(19)20/h3-5,7-13,15,17H,2,6,14H2,1H3. The fourth-order valence-corrected chi connectivity index (χ4v) is 3.53. The first kappa shape index (κ1) is 16.5. The number of carbonyl (C=O) groups excluding carboxylic acids is 1. The van der Waals surface area contributed by atoms with Gasteiger partial charge in [0.1, 0.15) is 0 Å². The minimum atomic E-state index is 0.0716. The zero-order chi connectivity index (χ0) is 17.9. The van der Waals surface area contributed by atoms with Gasteiger partial charge < -0.3 is 4.90 Å². The molecule has 4 rings (SSSR count). The minimum Gasteiger partial charge on any atom is -0.328 e. The van der Waals surface area contributed by atoms with Crippen molar-refractivity contribution in [1.82, 2.24) is 14.9 Å². The molecule has 130 valence electrons. The molecule has 0 saturated carbocycles. The summed E-state index contributed by atoms with van der Waals surface area (Å²) in [6.45, 7) is 2.82. The SMILES string of the molecule is CCCC1C=CCN1C(=O)c1cc(-c2ccncc2)nc2ccccc12. The lowest BCUT2D eigenvalue weighted by Crippen LogP contribution is -2.36. The van der Waals surface area contributed by atoms with Crippen LogP contribution < -0.4 is 0 Å². The molecule has 3 aromatic rings. The van der Waals surface area contributed by atoms with Gasteiger partial charge in [-0.25, -0.2) is 4.98 Å². The van der Waals surface area contributed by atoms with Gasteiger partial charge >= 0.3 is 0 Å². The van der Waals surface area contributed by atoms with Crippen LogP contribution >= 0.6 is 0 Å². The van der Waals surface area contributed by atoms with Gasteiger partial charge in [-0.3, -0.25) is 9.78 Å². The number of carbonyl (C=O) groups is 1. The Hall–Kier alpha value is -3.01. The molecule has 0 radical (unpaired) electrons. The molecule has 1 aliphatic rings.